The van der Waals surface area contributed by atoms with Crippen LogP contribution in [0.1, 0.15) is 22.3 Å². The van der Waals surface area contributed by atoms with Gasteiger partial charge in [0.2, 0.25) is 0 Å². The Morgan fingerprint density at radius 2 is 2.05 bits per heavy atom. The van der Waals surface area contributed by atoms with Crippen molar-refractivity contribution in [2.24, 2.45) is 0 Å². The van der Waals surface area contributed by atoms with Crippen LogP contribution in [0.3, 0.4) is 0 Å². The van der Waals surface area contributed by atoms with Gasteiger partial charge in [0.1, 0.15) is 6.04 Å². The number of rotatable bonds is 2. The summed E-state index contributed by atoms with van der Waals surface area (Å²) in [7, 11) is 1.25. The first kappa shape index (κ1) is 14.0. The average Bonchev–Trinajstić information content (AvgIpc) is 2.87. The van der Waals surface area contributed by atoms with E-state index in [0.29, 0.717) is 11.1 Å². The number of ether oxygens (including phenoxy) is 1. The van der Waals surface area contributed by atoms with Crippen LogP contribution in [0.4, 0.5) is 0 Å². The molecule has 0 aliphatic carbocycles. The van der Waals surface area contributed by atoms with Gasteiger partial charge < -0.3 is 14.7 Å². The van der Waals surface area contributed by atoms with Crippen molar-refractivity contribution in [2.45, 2.75) is 18.6 Å². The van der Waals surface area contributed by atoms with E-state index in [2.05, 4.69) is 4.74 Å². The molecule has 0 bridgehead atoms. The summed E-state index contributed by atoms with van der Waals surface area (Å²) in [4.78, 5) is 25.3. The number of nitrogens with zero attached hydrogens (tertiary/aromatic N) is 2. The van der Waals surface area contributed by atoms with E-state index in [1.54, 1.807) is 0 Å². The largest absolute Gasteiger partial charge is 0.467 e. The SMILES string of the molecule is COC(=O)[C@@H]1C[C@@H](O)CN1C(=O)c1ccc(C#N)cc1. The number of aliphatic hydroxyl groups excluding tert-OH is 1. The van der Waals surface area contributed by atoms with E-state index in [-0.39, 0.29) is 18.9 Å². The summed E-state index contributed by atoms with van der Waals surface area (Å²) in [5, 5.41) is 18.4. The maximum atomic E-state index is 12.3. The number of hydrogen-bond donors (Lipinski definition) is 1. The number of β-amino-alcohol motifs (C(OH)–C–C–N with tert-alkyl or cyclic N) is 1. The lowest BCUT2D eigenvalue weighted by atomic mass is 10.1. The molecule has 1 aliphatic rings. The average molecular weight is 274 g/mol. The highest BCUT2D eigenvalue weighted by Crippen LogP contribution is 2.21. The van der Waals surface area contributed by atoms with E-state index < -0.39 is 18.1 Å². The molecule has 20 heavy (non-hydrogen) atoms. The first-order valence-electron chi connectivity index (χ1n) is 6.14. The monoisotopic (exact) mass is 274 g/mol. The minimum absolute atomic E-state index is 0.0958. The molecule has 1 N–H and O–H groups in total. The number of hydrogen-bond acceptors (Lipinski definition) is 5. The summed E-state index contributed by atoms with van der Waals surface area (Å²) in [5.74, 6) is -0.898. The van der Waals surface area contributed by atoms with Crippen LogP contribution in [0.25, 0.3) is 0 Å². The van der Waals surface area contributed by atoms with Crippen molar-refractivity contribution < 1.29 is 19.4 Å². The molecule has 1 aromatic carbocycles. The predicted octanol–water partition coefficient (Wildman–Crippen LogP) is 0.307. The van der Waals surface area contributed by atoms with Crippen LogP contribution in [0.2, 0.25) is 0 Å². The van der Waals surface area contributed by atoms with Gasteiger partial charge in [-0.1, -0.05) is 0 Å². The fourth-order valence-electron chi connectivity index (χ4n) is 2.25. The number of esters is 1. The molecule has 0 spiro atoms. The molecule has 6 nitrogen and oxygen atoms in total. The van der Waals surface area contributed by atoms with E-state index in [1.165, 1.54) is 36.3 Å². The van der Waals surface area contributed by atoms with Crippen LogP contribution in [0, 0.1) is 11.3 Å². The number of likely N-dealkylation sites (tertiary alicyclic amines) is 1. The van der Waals surface area contributed by atoms with Crippen LogP contribution in [0.5, 0.6) is 0 Å². The fraction of sp³-hybridized carbons (Fsp3) is 0.357. The molecule has 1 heterocycles. The minimum Gasteiger partial charge on any atom is -0.467 e. The van der Waals surface area contributed by atoms with Gasteiger partial charge in [0, 0.05) is 18.5 Å². The summed E-state index contributed by atoms with van der Waals surface area (Å²) in [5.41, 5.74) is 0.819. The van der Waals surface area contributed by atoms with Gasteiger partial charge in [-0.05, 0) is 24.3 Å². The number of benzene rings is 1. The third kappa shape index (κ3) is 2.63. The predicted molar refractivity (Wildman–Crippen MR) is 68.6 cm³/mol. The van der Waals surface area contributed by atoms with Gasteiger partial charge in [-0.2, -0.15) is 5.26 Å². The Bertz CT molecular complexity index is 562. The number of amides is 1. The lowest BCUT2D eigenvalue weighted by Gasteiger charge is -2.22. The van der Waals surface area contributed by atoms with Crippen molar-refractivity contribution in [2.75, 3.05) is 13.7 Å². The number of carbonyl (C=O) groups excluding carboxylic acids is 2. The summed E-state index contributed by atoms with van der Waals surface area (Å²) >= 11 is 0. The third-order valence-corrected chi connectivity index (χ3v) is 3.27. The van der Waals surface area contributed by atoms with Crippen LogP contribution < -0.4 is 0 Å². The lowest BCUT2D eigenvalue weighted by Crippen LogP contribution is -2.41. The van der Waals surface area contributed by atoms with E-state index >= 15 is 0 Å². The quantitative estimate of drug-likeness (QED) is 0.784. The highest BCUT2D eigenvalue weighted by atomic mass is 16.5. The van der Waals surface area contributed by atoms with Crippen molar-refractivity contribution in [3.8, 4) is 6.07 Å². The van der Waals surface area contributed by atoms with E-state index in [1.807, 2.05) is 6.07 Å². The molecule has 1 aromatic rings. The Morgan fingerprint density at radius 1 is 1.40 bits per heavy atom. The second kappa shape index (κ2) is 5.72. The van der Waals surface area contributed by atoms with E-state index in [0.717, 1.165) is 0 Å². The molecule has 0 radical (unpaired) electrons. The number of aliphatic hydroxyl groups is 1. The van der Waals surface area contributed by atoms with Crippen LogP contribution in [0.15, 0.2) is 24.3 Å². The molecule has 1 saturated heterocycles. The summed E-state index contributed by atoms with van der Waals surface area (Å²) in [6.45, 7) is 0.0958. The second-order valence-corrected chi connectivity index (χ2v) is 4.58. The zero-order valence-electron chi connectivity index (χ0n) is 10.9. The first-order valence-corrected chi connectivity index (χ1v) is 6.14. The van der Waals surface area contributed by atoms with Gasteiger partial charge in [-0.15, -0.1) is 0 Å². The Morgan fingerprint density at radius 3 is 2.60 bits per heavy atom. The highest BCUT2D eigenvalue weighted by Gasteiger charge is 2.39. The van der Waals surface area contributed by atoms with Crippen LogP contribution >= 0.6 is 0 Å². The summed E-state index contributed by atoms with van der Waals surface area (Å²) < 4.78 is 4.65. The Hall–Kier alpha value is -2.39. The molecule has 6 heteroatoms. The Labute approximate surface area is 116 Å². The van der Waals surface area contributed by atoms with Crippen LogP contribution in [-0.4, -0.2) is 47.7 Å². The number of methoxy groups -OCH3 is 1. The fourth-order valence-corrected chi connectivity index (χ4v) is 2.25. The molecule has 0 saturated carbocycles. The van der Waals surface area contributed by atoms with Gasteiger partial charge in [-0.25, -0.2) is 4.79 Å². The smallest absolute Gasteiger partial charge is 0.328 e. The molecule has 1 fully saturated rings. The maximum absolute atomic E-state index is 12.3. The van der Waals surface area contributed by atoms with Crippen molar-refractivity contribution in [1.82, 2.24) is 4.90 Å². The summed E-state index contributed by atoms with van der Waals surface area (Å²) in [6, 6.07) is 7.33. The molecule has 104 valence electrons. The third-order valence-electron chi connectivity index (χ3n) is 3.27. The molecule has 0 unspecified atom stereocenters. The van der Waals surface area contributed by atoms with E-state index in [9.17, 15) is 14.7 Å². The molecule has 2 atom stereocenters. The van der Waals surface area contributed by atoms with Gasteiger partial charge >= 0.3 is 5.97 Å². The number of nitriles is 1. The highest BCUT2D eigenvalue weighted by molar-refractivity contribution is 5.97. The number of carbonyl (C=O) groups is 2. The van der Waals surface area contributed by atoms with Gasteiger partial charge in [0.25, 0.3) is 5.91 Å². The Balaban J connectivity index is 2.22. The maximum Gasteiger partial charge on any atom is 0.328 e. The Kier molecular flexibility index (Phi) is 4.01. The van der Waals surface area contributed by atoms with Crippen LogP contribution in [-0.2, 0) is 9.53 Å². The zero-order chi connectivity index (χ0) is 14.7. The first-order chi connectivity index (χ1) is 9.56. The molecule has 2 rings (SSSR count). The molecular weight excluding hydrogens is 260 g/mol. The van der Waals surface area contributed by atoms with E-state index in [4.69, 9.17) is 5.26 Å². The second-order valence-electron chi connectivity index (χ2n) is 4.58. The van der Waals surface area contributed by atoms with Crippen molar-refractivity contribution in [3.05, 3.63) is 35.4 Å². The molecule has 1 aliphatic heterocycles. The lowest BCUT2D eigenvalue weighted by molar-refractivity contribution is -0.145. The topological polar surface area (TPSA) is 90.6 Å². The van der Waals surface area contributed by atoms with Crippen molar-refractivity contribution in [1.29, 1.82) is 5.26 Å². The van der Waals surface area contributed by atoms with Crippen molar-refractivity contribution in [3.63, 3.8) is 0 Å². The molecule has 0 aromatic heterocycles. The van der Waals surface area contributed by atoms with Gasteiger partial charge in [-0.3, -0.25) is 4.79 Å². The summed E-state index contributed by atoms with van der Waals surface area (Å²) in [6.07, 6.45) is -0.559. The molecule has 1 amide bonds. The van der Waals surface area contributed by atoms with Gasteiger partial charge in [0.05, 0.1) is 24.8 Å². The zero-order valence-corrected chi connectivity index (χ0v) is 10.9. The minimum atomic E-state index is -0.766. The van der Waals surface area contributed by atoms with Gasteiger partial charge in [0.15, 0.2) is 0 Å². The standard InChI is InChI=1S/C14H14N2O4/c1-20-14(19)12-6-11(17)8-16(12)13(18)10-4-2-9(7-15)3-5-10/h2-5,11-12,17H,6,8H2,1H3/t11-,12+/m1/s1. The van der Waals surface area contributed by atoms with Crippen molar-refractivity contribution >= 4 is 11.9 Å². The normalized spacial score (nSPS) is 21.4. The molecular formula is C14H14N2O4.